The molecule has 31 heavy (non-hydrogen) atoms. The van der Waals surface area contributed by atoms with Gasteiger partial charge in [0.2, 0.25) is 0 Å². The van der Waals surface area contributed by atoms with Gasteiger partial charge in [-0.15, -0.1) is 0 Å². The maximum atomic E-state index is 12.8. The lowest BCUT2D eigenvalue weighted by atomic mass is 9.85. The van der Waals surface area contributed by atoms with E-state index in [1.54, 1.807) is 0 Å². The molecule has 0 aromatic heterocycles. The third kappa shape index (κ3) is 4.30. The van der Waals surface area contributed by atoms with Crippen LogP contribution in [0, 0.1) is 6.92 Å². The fourth-order valence-corrected chi connectivity index (χ4v) is 4.44. The van der Waals surface area contributed by atoms with Gasteiger partial charge in [-0.2, -0.15) is 0 Å². The van der Waals surface area contributed by atoms with E-state index in [1.807, 2.05) is 49.2 Å². The van der Waals surface area contributed by atoms with E-state index in [-0.39, 0.29) is 11.8 Å². The van der Waals surface area contributed by atoms with Crippen LogP contribution in [0.2, 0.25) is 0 Å². The first kappa shape index (κ1) is 21.4. The van der Waals surface area contributed by atoms with Crippen LogP contribution >= 0.6 is 12.2 Å². The monoisotopic (exact) mass is 436 g/mol. The molecular formula is C25H28N2O3S. The van der Waals surface area contributed by atoms with Crippen molar-refractivity contribution in [1.82, 2.24) is 10.2 Å². The molecule has 1 aliphatic heterocycles. The van der Waals surface area contributed by atoms with Gasteiger partial charge in [0.1, 0.15) is 6.61 Å². The number of carbonyl (C=O) groups is 1. The highest BCUT2D eigenvalue weighted by molar-refractivity contribution is 7.80. The highest BCUT2D eigenvalue weighted by Gasteiger charge is 2.36. The van der Waals surface area contributed by atoms with Gasteiger partial charge in [-0.3, -0.25) is 4.79 Å². The Hall–Kier alpha value is -2.86. The van der Waals surface area contributed by atoms with Crippen LogP contribution in [0.1, 0.15) is 48.9 Å². The van der Waals surface area contributed by atoms with Crippen LogP contribution in [0.15, 0.2) is 53.7 Å². The molecule has 0 bridgehead atoms. The number of ether oxygens (including phenoxy) is 2. The zero-order valence-electron chi connectivity index (χ0n) is 18.2. The van der Waals surface area contributed by atoms with Crippen molar-refractivity contribution in [2.75, 3.05) is 13.7 Å². The normalized spacial score (nSPS) is 18.5. The maximum Gasteiger partial charge on any atom is 0.173 e. The average molecular weight is 437 g/mol. The molecule has 1 atom stereocenters. The fourth-order valence-electron chi connectivity index (χ4n) is 4.21. The number of ketones is 1. The van der Waals surface area contributed by atoms with E-state index in [0.717, 1.165) is 35.2 Å². The maximum absolute atomic E-state index is 12.8. The van der Waals surface area contributed by atoms with Gasteiger partial charge in [-0.25, -0.2) is 0 Å². The molecule has 2 aromatic rings. The van der Waals surface area contributed by atoms with Gasteiger partial charge in [0.25, 0.3) is 0 Å². The second-order valence-electron chi connectivity index (χ2n) is 7.93. The first-order chi connectivity index (χ1) is 15.0. The van der Waals surface area contributed by atoms with Crippen molar-refractivity contribution in [2.24, 2.45) is 0 Å². The van der Waals surface area contributed by atoms with Gasteiger partial charge in [0, 0.05) is 24.7 Å². The summed E-state index contributed by atoms with van der Waals surface area (Å²) in [5.74, 6) is 1.55. The molecule has 0 amide bonds. The molecule has 0 saturated carbocycles. The second kappa shape index (κ2) is 9.10. The Labute approximate surface area is 189 Å². The lowest BCUT2D eigenvalue weighted by molar-refractivity contribution is -0.116. The van der Waals surface area contributed by atoms with Crippen molar-refractivity contribution in [1.29, 1.82) is 0 Å². The molecule has 1 heterocycles. The standard InChI is InChI=1S/C25H28N2O3S/c1-4-29-22-14-17(12-13-21(22)30-15-18-9-6-5-8-16(18)2)24-23-19(10-7-11-20(23)28)27(3)25(31)26-24/h5-6,8-9,12-14,24H,4,7,10-11,15H2,1-3H3,(H,26,31). The topological polar surface area (TPSA) is 50.8 Å². The van der Waals surface area contributed by atoms with Gasteiger partial charge >= 0.3 is 0 Å². The number of aryl methyl sites for hydroxylation is 1. The predicted octanol–water partition coefficient (Wildman–Crippen LogP) is 4.84. The molecule has 0 saturated heterocycles. The average Bonchev–Trinajstić information content (AvgIpc) is 2.77. The highest BCUT2D eigenvalue weighted by Crippen LogP contribution is 2.39. The van der Waals surface area contributed by atoms with E-state index in [0.29, 0.717) is 36.2 Å². The molecule has 0 radical (unpaired) electrons. The van der Waals surface area contributed by atoms with Gasteiger partial charge in [0.15, 0.2) is 22.4 Å². The van der Waals surface area contributed by atoms with Crippen molar-refractivity contribution >= 4 is 23.1 Å². The summed E-state index contributed by atoms with van der Waals surface area (Å²) in [5.41, 5.74) is 5.13. The summed E-state index contributed by atoms with van der Waals surface area (Å²) in [6.45, 7) is 5.02. The molecule has 2 aromatic carbocycles. The number of nitrogens with zero attached hydrogens (tertiary/aromatic N) is 1. The van der Waals surface area contributed by atoms with Gasteiger partial charge in [0.05, 0.1) is 12.6 Å². The lowest BCUT2D eigenvalue weighted by Gasteiger charge is -2.39. The number of thiocarbonyl (C=S) groups is 1. The van der Waals surface area contributed by atoms with E-state index in [4.69, 9.17) is 21.7 Å². The van der Waals surface area contributed by atoms with Crippen molar-refractivity contribution in [3.8, 4) is 11.5 Å². The van der Waals surface area contributed by atoms with Crippen LogP contribution in [0.3, 0.4) is 0 Å². The molecule has 2 aliphatic rings. The Balaban J connectivity index is 1.65. The second-order valence-corrected chi connectivity index (χ2v) is 8.32. The van der Waals surface area contributed by atoms with Crippen LogP contribution in [0.4, 0.5) is 0 Å². The number of Topliss-reactive ketones (excluding diaryl/α,β-unsaturated/α-hetero) is 1. The van der Waals surface area contributed by atoms with Crippen LogP contribution in [-0.2, 0) is 11.4 Å². The summed E-state index contributed by atoms with van der Waals surface area (Å²) in [6, 6.07) is 13.8. The minimum Gasteiger partial charge on any atom is -0.490 e. The summed E-state index contributed by atoms with van der Waals surface area (Å²) in [4.78, 5) is 14.7. The quantitative estimate of drug-likeness (QED) is 0.654. The first-order valence-electron chi connectivity index (χ1n) is 10.7. The van der Waals surface area contributed by atoms with E-state index < -0.39 is 0 Å². The van der Waals surface area contributed by atoms with Gasteiger partial charge in [-0.1, -0.05) is 30.3 Å². The summed E-state index contributed by atoms with van der Waals surface area (Å²) < 4.78 is 12.0. The van der Waals surface area contributed by atoms with E-state index in [2.05, 4.69) is 24.4 Å². The summed E-state index contributed by atoms with van der Waals surface area (Å²) in [6.07, 6.45) is 2.31. The predicted molar refractivity (Wildman–Crippen MR) is 125 cm³/mol. The molecule has 4 rings (SSSR count). The number of allylic oxidation sites excluding steroid dienone is 1. The summed E-state index contributed by atoms with van der Waals surface area (Å²) >= 11 is 5.54. The van der Waals surface area contributed by atoms with Crippen LogP contribution in [0.5, 0.6) is 11.5 Å². The number of carbonyl (C=O) groups excluding carboxylic acids is 1. The van der Waals surface area contributed by atoms with E-state index in [9.17, 15) is 4.79 Å². The third-order valence-electron chi connectivity index (χ3n) is 5.94. The molecule has 162 valence electrons. The Morgan fingerprint density at radius 3 is 2.71 bits per heavy atom. The molecule has 1 aliphatic carbocycles. The molecule has 0 spiro atoms. The SMILES string of the molecule is CCOc1cc(C2NC(=S)N(C)C3=C2C(=O)CCC3)ccc1OCc1ccccc1C. The van der Waals surface area contributed by atoms with Crippen LogP contribution in [0.25, 0.3) is 0 Å². The van der Waals surface area contributed by atoms with Crippen LogP contribution in [-0.4, -0.2) is 29.5 Å². The zero-order valence-corrected chi connectivity index (χ0v) is 19.1. The highest BCUT2D eigenvalue weighted by atomic mass is 32.1. The van der Waals surface area contributed by atoms with Gasteiger partial charge < -0.3 is 19.7 Å². The molecule has 1 unspecified atom stereocenters. The zero-order chi connectivity index (χ0) is 22.0. The van der Waals surface area contributed by atoms with Crippen molar-refractivity contribution in [3.05, 3.63) is 70.4 Å². The minimum atomic E-state index is -0.267. The largest absolute Gasteiger partial charge is 0.490 e. The number of benzene rings is 2. The third-order valence-corrected chi connectivity index (χ3v) is 6.33. The molecule has 6 heteroatoms. The van der Waals surface area contributed by atoms with Gasteiger partial charge in [-0.05, 0) is 67.7 Å². The first-order valence-corrected chi connectivity index (χ1v) is 11.1. The molecule has 1 N–H and O–H groups in total. The van der Waals surface area contributed by atoms with Crippen molar-refractivity contribution < 1.29 is 14.3 Å². The Morgan fingerprint density at radius 2 is 1.94 bits per heavy atom. The van der Waals surface area contributed by atoms with Crippen molar-refractivity contribution in [2.45, 2.75) is 45.8 Å². The van der Waals surface area contributed by atoms with Crippen molar-refractivity contribution in [3.63, 3.8) is 0 Å². The number of nitrogens with one attached hydrogen (secondary N) is 1. The smallest absolute Gasteiger partial charge is 0.173 e. The molecule has 5 nitrogen and oxygen atoms in total. The van der Waals surface area contributed by atoms with E-state index >= 15 is 0 Å². The van der Waals surface area contributed by atoms with E-state index in [1.165, 1.54) is 5.56 Å². The Bertz CT molecular complexity index is 1050. The Morgan fingerprint density at radius 1 is 1.13 bits per heavy atom. The lowest BCUT2D eigenvalue weighted by Crippen LogP contribution is -2.47. The number of hydrogen-bond acceptors (Lipinski definition) is 4. The Kier molecular flexibility index (Phi) is 6.28. The molecular weight excluding hydrogens is 408 g/mol. The number of hydrogen-bond donors (Lipinski definition) is 1. The summed E-state index contributed by atoms with van der Waals surface area (Å²) in [7, 11) is 1.92. The summed E-state index contributed by atoms with van der Waals surface area (Å²) in [5, 5.41) is 3.98. The fraction of sp³-hybridized carbons (Fsp3) is 0.360. The minimum absolute atomic E-state index is 0.186. The van der Waals surface area contributed by atoms with Crippen LogP contribution < -0.4 is 14.8 Å². The number of rotatable bonds is 6. The molecule has 0 fully saturated rings.